The van der Waals surface area contributed by atoms with Gasteiger partial charge in [0.15, 0.2) is 0 Å². The zero-order chi connectivity index (χ0) is 11.1. The van der Waals surface area contributed by atoms with Crippen LogP contribution in [0.25, 0.3) is 0 Å². The first-order chi connectivity index (χ1) is 7.05. The van der Waals surface area contributed by atoms with E-state index in [1.807, 2.05) is 24.3 Å². The van der Waals surface area contributed by atoms with E-state index in [0.717, 1.165) is 17.7 Å². The molecule has 0 heterocycles. The van der Waals surface area contributed by atoms with Gasteiger partial charge < -0.3 is 4.74 Å². The van der Waals surface area contributed by atoms with E-state index in [9.17, 15) is 5.26 Å². The van der Waals surface area contributed by atoms with Crippen LogP contribution in [0.3, 0.4) is 0 Å². The molecule has 2 nitrogen and oxygen atoms in total. The van der Waals surface area contributed by atoms with Gasteiger partial charge in [0.2, 0.25) is 0 Å². The number of nitriles is 1. The Bertz CT molecular complexity index is 430. The topological polar surface area (TPSA) is 33.0 Å². The molecule has 0 N–H and O–H groups in total. The second kappa shape index (κ2) is 3.00. The van der Waals surface area contributed by atoms with E-state index in [4.69, 9.17) is 4.74 Å². The lowest BCUT2D eigenvalue weighted by Crippen LogP contribution is -2.11. The molecule has 1 atom stereocenters. The molecular formula is C13H15NO. The van der Waals surface area contributed by atoms with Gasteiger partial charge in [0.05, 0.1) is 18.6 Å². The van der Waals surface area contributed by atoms with Crippen LogP contribution in [-0.4, -0.2) is 7.11 Å². The first kappa shape index (κ1) is 10.0. The summed E-state index contributed by atoms with van der Waals surface area (Å²) < 4.78 is 5.18. The highest BCUT2D eigenvalue weighted by atomic mass is 16.5. The van der Waals surface area contributed by atoms with E-state index in [0.29, 0.717) is 0 Å². The third-order valence-corrected chi connectivity index (χ3v) is 3.49. The van der Waals surface area contributed by atoms with E-state index < -0.39 is 0 Å². The van der Waals surface area contributed by atoms with Crippen molar-refractivity contribution in [3.05, 3.63) is 29.8 Å². The quantitative estimate of drug-likeness (QED) is 0.737. The second-order valence-corrected chi connectivity index (χ2v) is 4.81. The molecule has 15 heavy (non-hydrogen) atoms. The average molecular weight is 201 g/mol. The fourth-order valence-electron chi connectivity index (χ4n) is 2.26. The van der Waals surface area contributed by atoms with Gasteiger partial charge in [-0.1, -0.05) is 26.0 Å². The van der Waals surface area contributed by atoms with Crippen LogP contribution in [0.4, 0.5) is 0 Å². The smallest absolute Gasteiger partial charge is 0.119 e. The van der Waals surface area contributed by atoms with Gasteiger partial charge in [-0.3, -0.25) is 0 Å². The Labute approximate surface area is 90.5 Å². The van der Waals surface area contributed by atoms with E-state index >= 15 is 0 Å². The van der Waals surface area contributed by atoms with E-state index in [-0.39, 0.29) is 10.8 Å². The zero-order valence-electron chi connectivity index (χ0n) is 9.37. The number of methoxy groups -OCH3 is 1. The van der Waals surface area contributed by atoms with Gasteiger partial charge >= 0.3 is 0 Å². The summed E-state index contributed by atoms with van der Waals surface area (Å²) in [7, 11) is 1.65. The number of ether oxygens (including phenoxy) is 1. The zero-order valence-corrected chi connectivity index (χ0v) is 9.37. The second-order valence-electron chi connectivity index (χ2n) is 4.81. The summed E-state index contributed by atoms with van der Waals surface area (Å²) in [5, 5.41) is 9.32. The minimum atomic E-state index is -0.304. The number of rotatable bonds is 2. The molecule has 78 valence electrons. The molecule has 0 aliphatic heterocycles. The highest BCUT2D eigenvalue weighted by Gasteiger charge is 2.63. The van der Waals surface area contributed by atoms with Crippen molar-refractivity contribution in [1.29, 1.82) is 5.26 Å². The predicted octanol–water partition coefficient (Wildman–Crippen LogP) is 2.89. The fourth-order valence-corrected chi connectivity index (χ4v) is 2.26. The van der Waals surface area contributed by atoms with Crippen LogP contribution in [0.1, 0.15) is 25.8 Å². The Morgan fingerprint density at radius 3 is 2.53 bits per heavy atom. The van der Waals surface area contributed by atoms with Gasteiger partial charge in [-0.25, -0.2) is 0 Å². The van der Waals surface area contributed by atoms with Crippen LogP contribution in [-0.2, 0) is 5.41 Å². The normalized spacial score (nSPS) is 26.8. The fraction of sp³-hybridized carbons (Fsp3) is 0.462. The molecule has 0 aromatic heterocycles. The van der Waals surface area contributed by atoms with Crippen LogP contribution in [0.2, 0.25) is 0 Å². The molecule has 1 aliphatic carbocycles. The summed E-state index contributed by atoms with van der Waals surface area (Å²) in [5.41, 5.74) is 0.865. The Balaban J connectivity index is 2.43. The van der Waals surface area contributed by atoms with Crippen LogP contribution < -0.4 is 4.74 Å². The van der Waals surface area contributed by atoms with Crippen LogP contribution in [0.5, 0.6) is 5.75 Å². The molecular weight excluding hydrogens is 186 g/mol. The Kier molecular flexibility index (Phi) is 2.01. The summed E-state index contributed by atoms with van der Waals surface area (Å²) in [5.74, 6) is 0.824. The maximum absolute atomic E-state index is 9.32. The molecule has 0 amide bonds. The van der Waals surface area contributed by atoms with Crippen LogP contribution >= 0.6 is 0 Å². The van der Waals surface area contributed by atoms with Crippen molar-refractivity contribution in [2.75, 3.05) is 7.11 Å². The van der Waals surface area contributed by atoms with E-state index in [2.05, 4.69) is 19.9 Å². The first-order valence-corrected chi connectivity index (χ1v) is 5.11. The first-order valence-electron chi connectivity index (χ1n) is 5.11. The Morgan fingerprint density at radius 1 is 1.40 bits per heavy atom. The van der Waals surface area contributed by atoms with Gasteiger partial charge in [-0.15, -0.1) is 0 Å². The lowest BCUT2D eigenvalue weighted by atomic mass is 9.89. The molecule has 2 heteroatoms. The average Bonchev–Trinajstić information content (AvgIpc) is 2.82. The lowest BCUT2D eigenvalue weighted by molar-refractivity contribution is 0.413. The summed E-state index contributed by atoms with van der Waals surface area (Å²) in [6.45, 7) is 4.27. The van der Waals surface area contributed by atoms with Crippen molar-refractivity contribution in [2.45, 2.75) is 25.7 Å². The molecule has 1 unspecified atom stereocenters. The monoisotopic (exact) mass is 201 g/mol. The molecule has 1 aliphatic rings. The van der Waals surface area contributed by atoms with Gasteiger partial charge in [0.1, 0.15) is 5.75 Å². The Hall–Kier alpha value is -1.49. The van der Waals surface area contributed by atoms with Crippen molar-refractivity contribution < 1.29 is 4.74 Å². The van der Waals surface area contributed by atoms with E-state index in [1.165, 1.54) is 0 Å². The molecule has 2 rings (SSSR count). The molecule has 0 bridgehead atoms. The third kappa shape index (κ3) is 1.31. The Morgan fingerprint density at radius 2 is 2.07 bits per heavy atom. The highest BCUT2D eigenvalue weighted by molar-refractivity contribution is 5.47. The number of nitrogens with zero attached hydrogens (tertiary/aromatic N) is 1. The molecule has 1 aromatic carbocycles. The van der Waals surface area contributed by atoms with Crippen LogP contribution in [0.15, 0.2) is 24.3 Å². The van der Waals surface area contributed by atoms with Crippen molar-refractivity contribution in [1.82, 2.24) is 0 Å². The van der Waals surface area contributed by atoms with Gasteiger partial charge in [-0.2, -0.15) is 5.26 Å². The molecule has 1 saturated carbocycles. The van der Waals surface area contributed by atoms with Crippen molar-refractivity contribution in [2.24, 2.45) is 5.41 Å². The number of hydrogen-bond donors (Lipinski definition) is 0. The van der Waals surface area contributed by atoms with E-state index in [1.54, 1.807) is 7.11 Å². The molecule has 0 radical (unpaired) electrons. The summed E-state index contributed by atoms with van der Waals surface area (Å²) >= 11 is 0. The summed E-state index contributed by atoms with van der Waals surface area (Å²) in [4.78, 5) is 0. The third-order valence-electron chi connectivity index (χ3n) is 3.49. The standard InChI is InChI=1S/C13H15NO/c1-12(2)8-13(12,9-14)10-5-4-6-11(7-10)15-3/h4-7H,8H2,1-3H3. The van der Waals surface area contributed by atoms with Crippen molar-refractivity contribution in [3.63, 3.8) is 0 Å². The van der Waals surface area contributed by atoms with Gasteiger partial charge in [0, 0.05) is 0 Å². The maximum atomic E-state index is 9.32. The van der Waals surface area contributed by atoms with Gasteiger partial charge in [0.25, 0.3) is 0 Å². The number of benzene rings is 1. The molecule has 1 fully saturated rings. The maximum Gasteiger partial charge on any atom is 0.119 e. The molecule has 0 saturated heterocycles. The molecule has 0 spiro atoms. The molecule has 1 aromatic rings. The van der Waals surface area contributed by atoms with Crippen LogP contribution in [0, 0.1) is 16.7 Å². The minimum Gasteiger partial charge on any atom is -0.497 e. The number of hydrogen-bond acceptors (Lipinski definition) is 2. The van der Waals surface area contributed by atoms with Gasteiger partial charge in [-0.05, 0) is 29.5 Å². The van der Waals surface area contributed by atoms with Crippen molar-refractivity contribution >= 4 is 0 Å². The lowest BCUT2D eigenvalue weighted by Gasteiger charge is -2.13. The van der Waals surface area contributed by atoms with Crippen molar-refractivity contribution in [3.8, 4) is 11.8 Å². The predicted molar refractivity (Wildman–Crippen MR) is 58.7 cm³/mol. The summed E-state index contributed by atoms with van der Waals surface area (Å²) in [6, 6.07) is 10.3. The largest absolute Gasteiger partial charge is 0.497 e. The summed E-state index contributed by atoms with van der Waals surface area (Å²) in [6.07, 6.45) is 0.934. The highest BCUT2D eigenvalue weighted by Crippen LogP contribution is 2.64. The SMILES string of the molecule is COc1cccc(C2(C#N)CC2(C)C)c1. The minimum absolute atomic E-state index is 0.0914.